The van der Waals surface area contributed by atoms with Crippen molar-refractivity contribution in [3.63, 3.8) is 0 Å². The molecular weight excluding hydrogens is 454 g/mol. The molecule has 0 spiro atoms. The largest absolute Gasteiger partial charge is 0.466 e. The summed E-state index contributed by atoms with van der Waals surface area (Å²) in [7, 11) is 0. The van der Waals surface area contributed by atoms with Crippen molar-refractivity contribution in [1.29, 1.82) is 0 Å². The minimum atomic E-state index is -0.400. The van der Waals surface area contributed by atoms with E-state index in [9.17, 15) is 9.59 Å². The number of piperidine rings is 1. The molecule has 0 radical (unpaired) electrons. The number of carbonyl (C=O) groups excluding carboxylic acids is 1. The van der Waals surface area contributed by atoms with E-state index in [0.29, 0.717) is 24.7 Å². The van der Waals surface area contributed by atoms with Crippen LogP contribution in [-0.2, 0) is 20.7 Å². The van der Waals surface area contributed by atoms with Crippen LogP contribution in [0.5, 0.6) is 0 Å². The molecule has 4 aliphatic rings. The zero-order valence-corrected chi connectivity index (χ0v) is 21.4. The zero-order valence-electron chi connectivity index (χ0n) is 21.4. The van der Waals surface area contributed by atoms with Crippen LogP contribution < -0.4 is 5.56 Å². The molecule has 1 unspecified atom stereocenters. The molecule has 4 fully saturated rings. The third-order valence-corrected chi connectivity index (χ3v) is 9.17. The number of fused-ring (bicyclic) bond motifs is 5. The van der Waals surface area contributed by atoms with Gasteiger partial charge in [-0.3, -0.25) is 14.5 Å². The van der Waals surface area contributed by atoms with Crippen molar-refractivity contribution in [3.05, 3.63) is 40.3 Å². The van der Waals surface area contributed by atoms with Crippen molar-refractivity contribution in [3.8, 4) is 0 Å². The molecule has 6 rings (SSSR count). The number of aromatic nitrogens is 2. The number of hydrogen-bond acceptors (Lipinski definition) is 6. The molecule has 36 heavy (non-hydrogen) atoms. The Kier molecular flexibility index (Phi) is 6.86. The summed E-state index contributed by atoms with van der Waals surface area (Å²) < 4.78 is 13.2. The van der Waals surface area contributed by atoms with Gasteiger partial charge in [0.15, 0.2) is 0 Å². The summed E-state index contributed by atoms with van der Waals surface area (Å²) in [6.45, 7) is 3.56. The predicted octanol–water partition coefficient (Wildman–Crippen LogP) is 4.27. The Bertz CT molecular complexity index is 1130. The SMILES string of the molecule is CCOC(=O)Cc1nc2ccccc2n(C2C[C@H]3COC[C@H](C2)N3[C@@H]2CC3CCCC[C@H](C3)C2)c1=O. The molecule has 2 aromatic rings. The molecule has 0 amide bonds. The molecule has 0 N–H and O–H groups in total. The van der Waals surface area contributed by atoms with E-state index in [4.69, 9.17) is 9.47 Å². The van der Waals surface area contributed by atoms with E-state index in [1.54, 1.807) is 6.92 Å². The number of morpholine rings is 1. The van der Waals surface area contributed by atoms with Gasteiger partial charge in [-0.05, 0) is 63.0 Å². The van der Waals surface area contributed by atoms with E-state index in [1.807, 2.05) is 28.8 Å². The first-order valence-corrected chi connectivity index (χ1v) is 14.1. The summed E-state index contributed by atoms with van der Waals surface area (Å²) in [5.74, 6) is 1.36. The van der Waals surface area contributed by atoms with Gasteiger partial charge in [-0.1, -0.05) is 37.8 Å². The van der Waals surface area contributed by atoms with Gasteiger partial charge in [-0.2, -0.15) is 0 Å². The van der Waals surface area contributed by atoms with Gasteiger partial charge in [-0.15, -0.1) is 0 Å². The Morgan fingerprint density at radius 2 is 1.67 bits per heavy atom. The first kappa shape index (κ1) is 24.1. The van der Waals surface area contributed by atoms with Crippen LogP contribution in [-0.4, -0.2) is 58.4 Å². The summed E-state index contributed by atoms with van der Waals surface area (Å²) in [5, 5.41) is 0. The monoisotopic (exact) mass is 493 g/mol. The predicted molar refractivity (Wildman–Crippen MR) is 138 cm³/mol. The number of rotatable bonds is 5. The van der Waals surface area contributed by atoms with E-state index in [2.05, 4.69) is 9.88 Å². The van der Waals surface area contributed by atoms with Crippen LogP contribution in [0.3, 0.4) is 0 Å². The molecule has 4 bridgehead atoms. The van der Waals surface area contributed by atoms with Gasteiger partial charge < -0.3 is 14.0 Å². The molecule has 7 nitrogen and oxygen atoms in total. The normalized spacial score (nSPS) is 32.7. The lowest BCUT2D eigenvalue weighted by Gasteiger charge is -2.54. The second kappa shape index (κ2) is 10.3. The zero-order chi connectivity index (χ0) is 24.6. The Morgan fingerprint density at radius 3 is 2.36 bits per heavy atom. The van der Waals surface area contributed by atoms with Crippen LogP contribution in [0, 0.1) is 11.8 Å². The summed E-state index contributed by atoms with van der Waals surface area (Å²) in [6, 6.07) is 9.22. The molecule has 2 aliphatic heterocycles. The second-order valence-corrected chi connectivity index (χ2v) is 11.5. The lowest BCUT2D eigenvalue weighted by Crippen LogP contribution is -2.62. The minimum absolute atomic E-state index is 0.0763. The maximum atomic E-state index is 13.7. The smallest absolute Gasteiger partial charge is 0.312 e. The Hall–Kier alpha value is -2.25. The van der Waals surface area contributed by atoms with E-state index in [1.165, 1.54) is 44.9 Å². The number of benzene rings is 1. The minimum Gasteiger partial charge on any atom is -0.466 e. The van der Waals surface area contributed by atoms with E-state index in [0.717, 1.165) is 48.9 Å². The van der Waals surface area contributed by atoms with Crippen molar-refractivity contribution in [2.24, 2.45) is 11.8 Å². The third-order valence-electron chi connectivity index (χ3n) is 9.17. The van der Waals surface area contributed by atoms with Crippen LogP contribution in [0.15, 0.2) is 29.1 Å². The van der Waals surface area contributed by atoms with Gasteiger partial charge in [0.1, 0.15) is 5.69 Å². The van der Waals surface area contributed by atoms with Gasteiger partial charge in [0.25, 0.3) is 5.56 Å². The van der Waals surface area contributed by atoms with Crippen molar-refractivity contribution >= 4 is 17.0 Å². The lowest BCUT2D eigenvalue weighted by molar-refractivity contribution is -0.142. The van der Waals surface area contributed by atoms with E-state index in [-0.39, 0.29) is 23.7 Å². The highest BCUT2D eigenvalue weighted by molar-refractivity contribution is 5.77. The first-order chi connectivity index (χ1) is 17.6. The third kappa shape index (κ3) is 4.60. The Morgan fingerprint density at radius 1 is 0.972 bits per heavy atom. The number of para-hydroxylation sites is 2. The topological polar surface area (TPSA) is 73.7 Å². The number of carbonyl (C=O) groups is 1. The fraction of sp³-hybridized carbons (Fsp3) is 0.690. The van der Waals surface area contributed by atoms with Crippen LogP contribution in [0.25, 0.3) is 11.0 Å². The standard InChI is InChI=1S/C29H39N3O4/c1-2-36-28(33)16-26-29(34)32(27-10-6-5-9-25(27)30-26)22-14-23-17-35-18-24(15-22)31(23)21-12-19-7-3-4-8-20(11-19)13-21/h5-6,9-10,19-24H,2-4,7-8,11-18H2,1H3/t19-,20?,21+,23+,24+/m1/s1. The molecule has 1 aromatic heterocycles. The van der Waals surface area contributed by atoms with Gasteiger partial charge in [0, 0.05) is 24.2 Å². The fourth-order valence-corrected chi connectivity index (χ4v) is 7.86. The maximum Gasteiger partial charge on any atom is 0.312 e. The molecule has 7 heteroatoms. The molecule has 2 saturated carbocycles. The first-order valence-electron chi connectivity index (χ1n) is 14.1. The van der Waals surface area contributed by atoms with Crippen molar-refractivity contribution < 1.29 is 14.3 Å². The Labute approximate surface area is 213 Å². The van der Waals surface area contributed by atoms with Gasteiger partial charge in [-0.25, -0.2) is 4.98 Å². The molecule has 5 atom stereocenters. The van der Waals surface area contributed by atoms with Gasteiger partial charge >= 0.3 is 5.97 Å². The highest BCUT2D eigenvalue weighted by Crippen LogP contribution is 2.44. The molecule has 3 heterocycles. The molecule has 194 valence electrons. The van der Waals surface area contributed by atoms with E-state index >= 15 is 0 Å². The number of nitrogens with zero attached hydrogens (tertiary/aromatic N) is 3. The second-order valence-electron chi connectivity index (χ2n) is 11.5. The van der Waals surface area contributed by atoms with Crippen molar-refractivity contribution in [2.75, 3.05) is 19.8 Å². The van der Waals surface area contributed by atoms with Crippen molar-refractivity contribution in [1.82, 2.24) is 14.5 Å². The van der Waals surface area contributed by atoms with Crippen LogP contribution in [0.1, 0.15) is 76.4 Å². The fourth-order valence-electron chi connectivity index (χ4n) is 7.86. The summed E-state index contributed by atoms with van der Waals surface area (Å²) in [5.41, 5.74) is 1.75. The Balaban J connectivity index is 1.31. The van der Waals surface area contributed by atoms with Crippen molar-refractivity contribution in [2.45, 2.75) is 95.3 Å². The highest BCUT2D eigenvalue weighted by atomic mass is 16.5. The van der Waals surface area contributed by atoms with Gasteiger partial charge in [0.2, 0.25) is 0 Å². The number of ether oxygens (including phenoxy) is 2. The number of hydrogen-bond donors (Lipinski definition) is 0. The molecule has 2 aliphatic carbocycles. The summed E-state index contributed by atoms with van der Waals surface area (Å²) in [4.78, 5) is 33.4. The number of esters is 1. The van der Waals surface area contributed by atoms with Gasteiger partial charge in [0.05, 0.1) is 37.3 Å². The van der Waals surface area contributed by atoms with Crippen LogP contribution >= 0.6 is 0 Å². The summed E-state index contributed by atoms with van der Waals surface area (Å²) >= 11 is 0. The highest BCUT2D eigenvalue weighted by Gasteiger charge is 2.45. The molecule has 1 aromatic carbocycles. The molecule has 2 saturated heterocycles. The lowest BCUT2D eigenvalue weighted by atomic mass is 9.75. The average Bonchev–Trinajstić information content (AvgIpc) is 3.03. The maximum absolute atomic E-state index is 13.7. The van der Waals surface area contributed by atoms with Crippen LogP contribution in [0.2, 0.25) is 0 Å². The average molecular weight is 494 g/mol. The quantitative estimate of drug-likeness (QED) is 0.580. The van der Waals surface area contributed by atoms with E-state index < -0.39 is 5.97 Å². The van der Waals surface area contributed by atoms with Crippen LogP contribution in [0.4, 0.5) is 0 Å². The summed E-state index contributed by atoms with van der Waals surface area (Å²) in [6.07, 6.45) is 11.4. The molecular formula is C29H39N3O4.